The molecule has 0 bridgehead atoms. The monoisotopic (exact) mass is 399 g/mol. The van der Waals surface area contributed by atoms with Crippen molar-refractivity contribution in [2.75, 3.05) is 0 Å². The van der Waals surface area contributed by atoms with Crippen LogP contribution < -0.4 is 0 Å². The summed E-state index contributed by atoms with van der Waals surface area (Å²) in [4.78, 5) is 25.2. The van der Waals surface area contributed by atoms with Crippen LogP contribution in [0.4, 0.5) is 0 Å². The Bertz CT molecular complexity index is 808. The molecule has 5 rings (SSSR count). The molecule has 1 aromatic heterocycles. The highest BCUT2D eigenvalue weighted by Gasteiger charge is 2.63. The van der Waals surface area contributed by atoms with Crippen LogP contribution >= 0.6 is 0 Å². The van der Waals surface area contributed by atoms with Crippen LogP contribution in [0.2, 0.25) is 0 Å². The van der Waals surface area contributed by atoms with Crippen LogP contribution in [-0.4, -0.2) is 37.8 Å². The summed E-state index contributed by atoms with van der Waals surface area (Å²) in [5, 5.41) is 19.2. The summed E-state index contributed by atoms with van der Waals surface area (Å²) in [6, 6.07) is 0. The van der Waals surface area contributed by atoms with Gasteiger partial charge in [0.25, 0.3) is 0 Å². The maximum atomic E-state index is 13.2. The van der Waals surface area contributed by atoms with Crippen LogP contribution in [0.1, 0.15) is 65.2 Å². The Hall–Kier alpha value is -1.56. The Morgan fingerprint density at radius 3 is 2.83 bits per heavy atom. The first-order chi connectivity index (χ1) is 13.8. The van der Waals surface area contributed by atoms with Crippen molar-refractivity contribution < 1.29 is 14.7 Å². The molecule has 0 spiro atoms. The Balaban J connectivity index is 1.41. The van der Waals surface area contributed by atoms with Crippen molar-refractivity contribution in [3.63, 3.8) is 0 Å². The van der Waals surface area contributed by atoms with Gasteiger partial charge in [0.05, 0.1) is 12.3 Å². The van der Waals surface area contributed by atoms with E-state index in [1.54, 1.807) is 17.1 Å². The molecule has 4 saturated carbocycles. The van der Waals surface area contributed by atoms with E-state index in [0.29, 0.717) is 42.8 Å². The molecule has 4 aliphatic carbocycles. The molecule has 1 aromatic rings. The number of rotatable bonds is 3. The van der Waals surface area contributed by atoms with Crippen LogP contribution in [0, 0.1) is 40.4 Å². The number of Topliss-reactive ketones (excluding diaryl/α,β-unsaturated/α-hetero) is 2. The number of fused-ring (bicyclic) bond motifs is 5. The minimum absolute atomic E-state index is 0.00855. The van der Waals surface area contributed by atoms with E-state index >= 15 is 0 Å². The second kappa shape index (κ2) is 6.73. The molecule has 0 amide bonds. The summed E-state index contributed by atoms with van der Waals surface area (Å²) in [5.74, 6) is 2.30. The number of ketones is 2. The summed E-state index contributed by atoms with van der Waals surface area (Å²) in [6.07, 6.45) is 10.2. The second-order valence-corrected chi connectivity index (χ2v) is 10.8. The van der Waals surface area contributed by atoms with Crippen molar-refractivity contribution in [2.24, 2.45) is 40.4 Å². The quantitative estimate of drug-likeness (QED) is 0.844. The fourth-order valence-electron chi connectivity index (χ4n) is 8.29. The zero-order chi connectivity index (χ0) is 20.4. The predicted octanol–water partition coefficient (Wildman–Crippen LogP) is 3.05. The van der Waals surface area contributed by atoms with Crippen molar-refractivity contribution in [2.45, 2.75) is 77.9 Å². The molecular weight excluding hydrogens is 366 g/mol. The fourth-order valence-corrected chi connectivity index (χ4v) is 8.29. The molecule has 4 fully saturated rings. The molecule has 158 valence electrons. The topological polar surface area (TPSA) is 85.1 Å². The molecule has 1 N–H and O–H groups in total. The predicted molar refractivity (Wildman–Crippen MR) is 107 cm³/mol. The molecule has 4 aliphatic rings. The average molecular weight is 400 g/mol. The molecule has 0 unspecified atom stereocenters. The number of hydrogen-bond acceptors (Lipinski definition) is 5. The van der Waals surface area contributed by atoms with Gasteiger partial charge in [0.2, 0.25) is 0 Å². The van der Waals surface area contributed by atoms with E-state index in [9.17, 15) is 14.7 Å². The highest BCUT2D eigenvalue weighted by molar-refractivity contribution is 5.82. The van der Waals surface area contributed by atoms with Gasteiger partial charge in [0.1, 0.15) is 12.3 Å². The lowest BCUT2D eigenvalue weighted by atomic mass is 9.44. The first kappa shape index (κ1) is 19.4. The highest BCUT2D eigenvalue weighted by atomic mass is 16.3. The minimum atomic E-state index is -0.373. The van der Waals surface area contributed by atoms with E-state index in [-0.39, 0.29) is 41.1 Å². The smallest absolute Gasteiger partial charge is 0.157 e. The lowest BCUT2D eigenvalue weighted by Crippen LogP contribution is -2.59. The Labute approximate surface area is 172 Å². The lowest BCUT2D eigenvalue weighted by Gasteiger charge is -2.61. The number of aromatic nitrogens is 3. The zero-order valence-corrected chi connectivity index (χ0v) is 17.6. The maximum absolute atomic E-state index is 13.2. The van der Waals surface area contributed by atoms with E-state index in [4.69, 9.17) is 0 Å². The number of carbonyl (C=O) groups excluding carboxylic acids is 2. The summed E-state index contributed by atoms with van der Waals surface area (Å²) >= 11 is 0. The Kier molecular flexibility index (Phi) is 4.50. The fraction of sp³-hybridized carbons (Fsp3) is 0.826. The van der Waals surface area contributed by atoms with E-state index in [2.05, 4.69) is 24.2 Å². The van der Waals surface area contributed by atoms with Gasteiger partial charge in [-0.2, -0.15) is 0 Å². The van der Waals surface area contributed by atoms with E-state index in [1.165, 1.54) is 0 Å². The van der Waals surface area contributed by atoms with Gasteiger partial charge < -0.3 is 5.11 Å². The second-order valence-electron chi connectivity index (χ2n) is 10.8. The van der Waals surface area contributed by atoms with Crippen LogP contribution in [0.5, 0.6) is 0 Å². The van der Waals surface area contributed by atoms with Crippen LogP contribution in [0.3, 0.4) is 0 Å². The van der Waals surface area contributed by atoms with E-state index in [0.717, 1.165) is 32.1 Å². The average Bonchev–Trinajstić information content (AvgIpc) is 3.28. The summed E-state index contributed by atoms with van der Waals surface area (Å²) in [5.41, 5.74) is -0.0632. The molecule has 0 radical (unpaired) electrons. The van der Waals surface area contributed by atoms with Crippen LogP contribution in [0.15, 0.2) is 12.4 Å². The molecule has 0 aliphatic heterocycles. The zero-order valence-electron chi connectivity index (χ0n) is 17.6. The van der Waals surface area contributed by atoms with Crippen molar-refractivity contribution in [3.8, 4) is 0 Å². The number of carbonyl (C=O) groups is 2. The van der Waals surface area contributed by atoms with Gasteiger partial charge in [-0.3, -0.25) is 9.59 Å². The molecule has 1 heterocycles. The maximum Gasteiger partial charge on any atom is 0.157 e. The number of hydrogen-bond donors (Lipinski definition) is 1. The third-order valence-corrected chi connectivity index (χ3v) is 9.59. The molecular formula is C23H33N3O3. The summed E-state index contributed by atoms with van der Waals surface area (Å²) < 4.78 is 1.62. The van der Waals surface area contributed by atoms with Gasteiger partial charge in [0, 0.05) is 25.0 Å². The highest BCUT2D eigenvalue weighted by Crippen LogP contribution is 2.67. The van der Waals surface area contributed by atoms with Crippen molar-refractivity contribution in [3.05, 3.63) is 12.4 Å². The molecule has 29 heavy (non-hydrogen) atoms. The Morgan fingerprint density at radius 1 is 1.24 bits per heavy atom. The van der Waals surface area contributed by atoms with Crippen LogP contribution in [-0.2, 0) is 16.1 Å². The molecule has 8 atom stereocenters. The summed E-state index contributed by atoms with van der Waals surface area (Å²) in [7, 11) is 0. The van der Waals surface area contributed by atoms with E-state index in [1.807, 2.05) is 0 Å². The number of aliphatic hydroxyl groups is 1. The molecule has 6 nitrogen and oxygen atoms in total. The summed E-state index contributed by atoms with van der Waals surface area (Å²) in [6.45, 7) is 4.88. The standard InChI is InChI=1S/C23H33N3O3/c1-22-8-7-15(27)11-14(22)3-4-16-17-5-6-18(20(29)13-26-10-9-24-25-26)23(17,2)12-19(28)21(16)22/h9-10,14,16-19,21,28H,3-8,11-13H2,1-2H3/t14-,16-,17-,18+,19-,21+,22-,23-/m0/s1. The first-order valence-electron chi connectivity index (χ1n) is 11.4. The third kappa shape index (κ3) is 2.85. The van der Waals surface area contributed by atoms with Gasteiger partial charge in [-0.1, -0.05) is 19.1 Å². The SMILES string of the molecule is C[C@]12CCC(=O)C[C@@H]1CC[C@@H]1[C@@H]2[C@@H](O)C[C@]2(C)[C@@H](C(=O)Cn3ccnn3)CC[C@@H]12. The van der Waals surface area contributed by atoms with Gasteiger partial charge in [-0.15, -0.1) is 5.10 Å². The number of aliphatic hydroxyl groups excluding tert-OH is 1. The normalized spacial score (nSPS) is 46.7. The van der Waals surface area contributed by atoms with Crippen molar-refractivity contribution >= 4 is 11.6 Å². The largest absolute Gasteiger partial charge is 0.393 e. The van der Waals surface area contributed by atoms with Gasteiger partial charge in [0.15, 0.2) is 5.78 Å². The van der Waals surface area contributed by atoms with E-state index < -0.39 is 0 Å². The van der Waals surface area contributed by atoms with Gasteiger partial charge in [-0.25, -0.2) is 4.68 Å². The van der Waals surface area contributed by atoms with Gasteiger partial charge in [-0.05, 0) is 73.0 Å². The first-order valence-corrected chi connectivity index (χ1v) is 11.4. The molecule has 0 saturated heterocycles. The van der Waals surface area contributed by atoms with Crippen molar-refractivity contribution in [1.29, 1.82) is 0 Å². The number of nitrogens with zero attached hydrogens (tertiary/aromatic N) is 3. The minimum Gasteiger partial charge on any atom is -0.393 e. The van der Waals surface area contributed by atoms with Gasteiger partial charge >= 0.3 is 0 Å². The third-order valence-electron chi connectivity index (χ3n) is 9.59. The van der Waals surface area contributed by atoms with Crippen LogP contribution in [0.25, 0.3) is 0 Å². The Morgan fingerprint density at radius 2 is 2.07 bits per heavy atom. The molecule has 0 aromatic carbocycles. The molecule has 6 heteroatoms. The lowest BCUT2D eigenvalue weighted by molar-refractivity contribution is -0.174. The van der Waals surface area contributed by atoms with Crippen molar-refractivity contribution in [1.82, 2.24) is 15.0 Å².